The average Bonchev–Trinajstić information content (AvgIpc) is 2.79. The van der Waals surface area contributed by atoms with Gasteiger partial charge in [0.05, 0.1) is 12.0 Å². The van der Waals surface area contributed by atoms with E-state index >= 15 is 0 Å². The number of hydrogen-bond donors (Lipinski definition) is 2. The lowest BCUT2D eigenvalue weighted by molar-refractivity contribution is 0.451. The third kappa shape index (κ3) is 1.79. The fourth-order valence-corrected chi connectivity index (χ4v) is 1.68. The molecule has 2 rings (SSSR count). The van der Waals surface area contributed by atoms with Crippen LogP contribution in [-0.4, -0.2) is 9.78 Å². The Bertz CT molecular complexity index is 432. The third-order valence-electron chi connectivity index (χ3n) is 2.36. The van der Waals surface area contributed by atoms with Crippen LogP contribution in [0.1, 0.15) is 23.1 Å². The summed E-state index contributed by atoms with van der Waals surface area (Å²) in [6.45, 7) is 1.95. The Morgan fingerprint density at radius 1 is 1.60 bits per heavy atom. The Balaban J connectivity index is 2.39. The normalized spacial score (nSPS) is 13.0. The maximum Gasteiger partial charge on any atom is 0.126 e. The standard InChI is InChI=1S/C10H14N4O/c1-7-8(6-14(2)13-7)10(12-11)9-4-3-5-15-9/h3-6,10,12H,11H2,1-2H3. The zero-order valence-corrected chi connectivity index (χ0v) is 8.77. The highest BCUT2D eigenvalue weighted by molar-refractivity contribution is 5.27. The Labute approximate surface area is 87.8 Å². The van der Waals surface area contributed by atoms with Gasteiger partial charge >= 0.3 is 0 Å². The number of hydrogen-bond acceptors (Lipinski definition) is 4. The van der Waals surface area contributed by atoms with Crippen LogP contribution in [0.5, 0.6) is 0 Å². The fraction of sp³-hybridized carbons (Fsp3) is 0.300. The SMILES string of the molecule is Cc1nn(C)cc1C(NN)c1ccco1. The zero-order valence-electron chi connectivity index (χ0n) is 8.77. The predicted octanol–water partition coefficient (Wildman–Crippen LogP) is 0.874. The number of aryl methyl sites for hydroxylation is 2. The summed E-state index contributed by atoms with van der Waals surface area (Å²) in [6.07, 6.45) is 3.56. The van der Waals surface area contributed by atoms with Crippen molar-refractivity contribution < 1.29 is 4.42 Å². The van der Waals surface area contributed by atoms with Gasteiger partial charge in [0.1, 0.15) is 11.8 Å². The van der Waals surface area contributed by atoms with E-state index in [0.29, 0.717) is 0 Å². The molecule has 0 aliphatic carbocycles. The number of nitrogens with one attached hydrogen (secondary N) is 1. The smallest absolute Gasteiger partial charge is 0.126 e. The van der Waals surface area contributed by atoms with Gasteiger partial charge in [-0.1, -0.05) is 0 Å². The Morgan fingerprint density at radius 3 is 2.87 bits per heavy atom. The van der Waals surface area contributed by atoms with Crippen molar-refractivity contribution in [2.75, 3.05) is 0 Å². The van der Waals surface area contributed by atoms with Gasteiger partial charge in [0.15, 0.2) is 0 Å². The molecule has 1 atom stereocenters. The van der Waals surface area contributed by atoms with Crippen molar-refractivity contribution in [1.82, 2.24) is 15.2 Å². The molecule has 0 aliphatic rings. The van der Waals surface area contributed by atoms with Crippen LogP contribution in [0.2, 0.25) is 0 Å². The first-order chi connectivity index (χ1) is 7.22. The predicted molar refractivity (Wildman–Crippen MR) is 55.8 cm³/mol. The van der Waals surface area contributed by atoms with Gasteiger partial charge < -0.3 is 4.42 Å². The molecular weight excluding hydrogens is 192 g/mol. The van der Waals surface area contributed by atoms with E-state index < -0.39 is 0 Å². The lowest BCUT2D eigenvalue weighted by Crippen LogP contribution is -2.28. The second-order valence-electron chi connectivity index (χ2n) is 3.46. The van der Waals surface area contributed by atoms with E-state index in [1.165, 1.54) is 0 Å². The Hall–Kier alpha value is -1.59. The summed E-state index contributed by atoms with van der Waals surface area (Å²) >= 11 is 0. The van der Waals surface area contributed by atoms with Gasteiger partial charge in [0, 0.05) is 18.8 Å². The number of nitrogens with zero attached hydrogens (tertiary/aromatic N) is 2. The number of aromatic nitrogens is 2. The lowest BCUT2D eigenvalue weighted by Gasteiger charge is -2.11. The van der Waals surface area contributed by atoms with Crippen molar-refractivity contribution in [3.8, 4) is 0 Å². The molecule has 1 unspecified atom stereocenters. The van der Waals surface area contributed by atoms with Crippen molar-refractivity contribution in [1.29, 1.82) is 0 Å². The maximum atomic E-state index is 5.53. The van der Waals surface area contributed by atoms with E-state index in [9.17, 15) is 0 Å². The lowest BCUT2D eigenvalue weighted by atomic mass is 10.1. The first-order valence-electron chi connectivity index (χ1n) is 4.72. The number of hydrazine groups is 1. The van der Waals surface area contributed by atoms with Gasteiger partial charge in [0.25, 0.3) is 0 Å². The molecule has 0 aliphatic heterocycles. The Kier molecular flexibility index (Phi) is 2.57. The minimum atomic E-state index is -0.145. The molecule has 0 radical (unpaired) electrons. The van der Waals surface area contributed by atoms with Crippen LogP contribution in [-0.2, 0) is 7.05 Å². The summed E-state index contributed by atoms with van der Waals surface area (Å²) in [7, 11) is 1.88. The highest BCUT2D eigenvalue weighted by Crippen LogP contribution is 2.23. The first kappa shape index (κ1) is 9.95. The summed E-state index contributed by atoms with van der Waals surface area (Å²) < 4.78 is 7.09. The van der Waals surface area contributed by atoms with Crippen molar-refractivity contribution in [3.05, 3.63) is 41.6 Å². The molecule has 5 nitrogen and oxygen atoms in total. The van der Waals surface area contributed by atoms with Crippen LogP contribution >= 0.6 is 0 Å². The molecule has 80 valence electrons. The van der Waals surface area contributed by atoms with Crippen LogP contribution < -0.4 is 11.3 Å². The van der Waals surface area contributed by atoms with Crippen LogP contribution in [0.4, 0.5) is 0 Å². The molecule has 0 aromatic carbocycles. The molecular formula is C10H14N4O. The fourth-order valence-electron chi connectivity index (χ4n) is 1.68. The number of rotatable bonds is 3. The zero-order chi connectivity index (χ0) is 10.8. The van der Waals surface area contributed by atoms with Crippen molar-refractivity contribution in [3.63, 3.8) is 0 Å². The first-order valence-corrected chi connectivity index (χ1v) is 4.72. The van der Waals surface area contributed by atoms with Crippen molar-refractivity contribution >= 4 is 0 Å². The van der Waals surface area contributed by atoms with Crippen LogP contribution in [0.25, 0.3) is 0 Å². The van der Waals surface area contributed by atoms with E-state index in [2.05, 4.69) is 10.5 Å². The van der Waals surface area contributed by atoms with Crippen LogP contribution in [0, 0.1) is 6.92 Å². The molecule has 0 saturated carbocycles. The minimum Gasteiger partial charge on any atom is -0.467 e. The molecule has 15 heavy (non-hydrogen) atoms. The minimum absolute atomic E-state index is 0.145. The molecule has 3 N–H and O–H groups in total. The second-order valence-corrected chi connectivity index (χ2v) is 3.46. The van der Waals surface area contributed by atoms with E-state index in [1.807, 2.05) is 32.3 Å². The highest BCUT2D eigenvalue weighted by Gasteiger charge is 2.19. The van der Waals surface area contributed by atoms with Gasteiger partial charge in [-0.3, -0.25) is 10.5 Å². The average molecular weight is 206 g/mol. The molecule has 0 saturated heterocycles. The van der Waals surface area contributed by atoms with E-state index in [1.54, 1.807) is 10.9 Å². The van der Waals surface area contributed by atoms with Crippen molar-refractivity contribution in [2.24, 2.45) is 12.9 Å². The van der Waals surface area contributed by atoms with Gasteiger partial charge in [-0.15, -0.1) is 0 Å². The van der Waals surface area contributed by atoms with E-state index in [0.717, 1.165) is 17.0 Å². The number of nitrogens with two attached hydrogens (primary N) is 1. The monoisotopic (exact) mass is 206 g/mol. The highest BCUT2D eigenvalue weighted by atomic mass is 16.3. The van der Waals surface area contributed by atoms with Crippen molar-refractivity contribution in [2.45, 2.75) is 13.0 Å². The largest absolute Gasteiger partial charge is 0.467 e. The van der Waals surface area contributed by atoms with E-state index in [4.69, 9.17) is 10.3 Å². The molecule has 5 heteroatoms. The topological polar surface area (TPSA) is 69.0 Å². The molecule has 0 spiro atoms. The third-order valence-corrected chi connectivity index (χ3v) is 2.36. The summed E-state index contributed by atoms with van der Waals surface area (Å²) in [6, 6.07) is 3.58. The van der Waals surface area contributed by atoms with Gasteiger partial charge in [-0.25, -0.2) is 5.43 Å². The summed E-state index contributed by atoms with van der Waals surface area (Å²) in [5.74, 6) is 6.31. The molecule has 0 fully saturated rings. The summed E-state index contributed by atoms with van der Waals surface area (Å²) in [4.78, 5) is 0. The molecule has 2 heterocycles. The molecule has 2 aromatic rings. The summed E-state index contributed by atoms with van der Waals surface area (Å²) in [5, 5.41) is 4.27. The van der Waals surface area contributed by atoms with Gasteiger partial charge in [-0.05, 0) is 19.1 Å². The molecule has 2 aromatic heterocycles. The van der Waals surface area contributed by atoms with Crippen LogP contribution in [0.3, 0.4) is 0 Å². The van der Waals surface area contributed by atoms with E-state index in [-0.39, 0.29) is 6.04 Å². The van der Waals surface area contributed by atoms with Gasteiger partial charge in [-0.2, -0.15) is 5.10 Å². The summed E-state index contributed by atoms with van der Waals surface area (Å²) in [5.41, 5.74) is 4.69. The van der Waals surface area contributed by atoms with Crippen LogP contribution in [0.15, 0.2) is 29.0 Å². The number of furan rings is 1. The second kappa shape index (κ2) is 3.88. The molecule has 0 bridgehead atoms. The van der Waals surface area contributed by atoms with Gasteiger partial charge in [0.2, 0.25) is 0 Å². The quantitative estimate of drug-likeness (QED) is 0.577. The molecule has 0 amide bonds. The Morgan fingerprint density at radius 2 is 2.40 bits per heavy atom. The maximum absolute atomic E-state index is 5.53.